The minimum Gasteiger partial charge on any atom is -0.480 e. The number of aryl methyl sites for hydroxylation is 2. The molecular weight excluding hydrogens is 362 g/mol. The highest BCUT2D eigenvalue weighted by Gasteiger charge is 2.26. The molecule has 0 atom stereocenters. The minimum atomic E-state index is -3.12. The first-order valence-electron chi connectivity index (χ1n) is 8.91. The number of hydrogen-bond acceptors (Lipinski definition) is 3. The zero-order valence-electron chi connectivity index (χ0n) is 15.3. The van der Waals surface area contributed by atoms with Crippen molar-refractivity contribution in [1.82, 2.24) is 4.57 Å². The lowest BCUT2D eigenvalue weighted by atomic mass is 9.99. The molecule has 2 heterocycles. The van der Waals surface area contributed by atoms with Crippen molar-refractivity contribution < 1.29 is 18.3 Å². The third kappa shape index (κ3) is 3.04. The molecule has 0 aliphatic carbocycles. The van der Waals surface area contributed by atoms with Gasteiger partial charge in [-0.25, -0.2) is 8.42 Å². The van der Waals surface area contributed by atoms with E-state index in [-0.39, 0.29) is 12.3 Å². The van der Waals surface area contributed by atoms with Gasteiger partial charge < -0.3 is 9.67 Å². The molecule has 1 aliphatic rings. The number of carboxylic acids is 1. The lowest BCUT2D eigenvalue weighted by Crippen LogP contribution is -2.10. The number of benzene rings is 2. The Kier molecular flexibility index (Phi) is 4.11. The van der Waals surface area contributed by atoms with E-state index in [9.17, 15) is 18.3 Å². The molecule has 3 aromatic rings. The van der Waals surface area contributed by atoms with Gasteiger partial charge in [0, 0.05) is 16.6 Å². The monoisotopic (exact) mass is 383 g/mol. The Labute approximate surface area is 158 Å². The predicted octanol–water partition coefficient (Wildman–Crippen LogP) is 3.26. The Hall–Kier alpha value is -2.60. The molecule has 2 aromatic carbocycles. The highest BCUT2D eigenvalue weighted by molar-refractivity contribution is 7.91. The number of aromatic nitrogens is 1. The summed E-state index contributed by atoms with van der Waals surface area (Å²) in [6.45, 7) is 3.90. The zero-order valence-corrected chi connectivity index (χ0v) is 16.1. The second-order valence-corrected chi connectivity index (χ2v) is 9.33. The van der Waals surface area contributed by atoms with E-state index in [0.717, 1.165) is 38.9 Å². The molecule has 0 spiro atoms. The first-order valence-corrected chi connectivity index (χ1v) is 10.6. The van der Waals surface area contributed by atoms with Gasteiger partial charge in [0.1, 0.15) is 6.54 Å². The van der Waals surface area contributed by atoms with Gasteiger partial charge in [-0.05, 0) is 61.6 Å². The Bertz CT molecular complexity index is 1190. The van der Waals surface area contributed by atoms with Gasteiger partial charge in [-0.3, -0.25) is 4.79 Å². The van der Waals surface area contributed by atoms with Gasteiger partial charge in [0.25, 0.3) is 0 Å². The van der Waals surface area contributed by atoms with Gasteiger partial charge in [-0.15, -0.1) is 0 Å². The molecule has 0 unspecified atom stereocenters. The van der Waals surface area contributed by atoms with Crippen LogP contribution in [0, 0.1) is 13.8 Å². The van der Waals surface area contributed by atoms with Crippen LogP contribution in [0.25, 0.3) is 10.9 Å². The summed E-state index contributed by atoms with van der Waals surface area (Å²) in [6, 6.07) is 11.6. The van der Waals surface area contributed by atoms with E-state index in [1.807, 2.05) is 42.7 Å². The van der Waals surface area contributed by atoms with Gasteiger partial charge in [0.15, 0.2) is 9.84 Å². The molecule has 0 radical (unpaired) electrons. The second kappa shape index (κ2) is 6.23. The van der Waals surface area contributed by atoms with E-state index in [2.05, 4.69) is 6.07 Å². The molecule has 0 amide bonds. The number of rotatable bonds is 4. The summed E-state index contributed by atoms with van der Waals surface area (Å²) < 4.78 is 25.9. The number of sulfone groups is 1. The summed E-state index contributed by atoms with van der Waals surface area (Å²) in [5.74, 6) is -0.688. The van der Waals surface area contributed by atoms with E-state index >= 15 is 0 Å². The first kappa shape index (κ1) is 17.8. The van der Waals surface area contributed by atoms with Crippen LogP contribution in [0.2, 0.25) is 0 Å². The predicted molar refractivity (Wildman–Crippen MR) is 104 cm³/mol. The Morgan fingerprint density at radius 1 is 1.15 bits per heavy atom. The molecule has 1 aromatic heterocycles. The van der Waals surface area contributed by atoms with Crippen LogP contribution >= 0.6 is 0 Å². The van der Waals surface area contributed by atoms with Crippen LogP contribution in [0.5, 0.6) is 0 Å². The summed E-state index contributed by atoms with van der Waals surface area (Å²) in [6.07, 6.45) is 1.20. The SMILES string of the molecule is Cc1ccc2c(c1)c(Cc1ccc3c(c1)CCS3(=O)=O)c(C)n2CC(=O)O. The van der Waals surface area contributed by atoms with Crippen molar-refractivity contribution >= 4 is 26.7 Å². The average Bonchev–Trinajstić information content (AvgIpc) is 3.03. The molecule has 27 heavy (non-hydrogen) atoms. The topological polar surface area (TPSA) is 76.4 Å². The molecule has 6 heteroatoms. The Morgan fingerprint density at radius 3 is 2.67 bits per heavy atom. The maximum Gasteiger partial charge on any atom is 0.323 e. The molecule has 0 bridgehead atoms. The van der Waals surface area contributed by atoms with Crippen LogP contribution in [-0.4, -0.2) is 29.8 Å². The van der Waals surface area contributed by atoms with Crippen LogP contribution in [0.4, 0.5) is 0 Å². The van der Waals surface area contributed by atoms with E-state index in [0.29, 0.717) is 17.7 Å². The highest BCUT2D eigenvalue weighted by atomic mass is 32.2. The van der Waals surface area contributed by atoms with Crippen LogP contribution in [-0.2, 0) is 34.0 Å². The molecular formula is C21H21NO4S. The van der Waals surface area contributed by atoms with Gasteiger partial charge in [-0.2, -0.15) is 0 Å². The zero-order chi connectivity index (χ0) is 19.3. The summed E-state index contributed by atoms with van der Waals surface area (Å²) >= 11 is 0. The van der Waals surface area contributed by atoms with Crippen LogP contribution in [0.15, 0.2) is 41.3 Å². The molecule has 5 nitrogen and oxygen atoms in total. The largest absolute Gasteiger partial charge is 0.480 e. The number of hydrogen-bond donors (Lipinski definition) is 1. The summed E-state index contributed by atoms with van der Waals surface area (Å²) in [5, 5.41) is 10.3. The second-order valence-electron chi connectivity index (χ2n) is 7.25. The Balaban J connectivity index is 1.82. The summed E-state index contributed by atoms with van der Waals surface area (Å²) in [4.78, 5) is 11.8. The minimum absolute atomic E-state index is 0.0756. The summed E-state index contributed by atoms with van der Waals surface area (Å²) in [5.41, 5.74) is 6.00. The van der Waals surface area contributed by atoms with Crippen molar-refractivity contribution in [2.45, 2.75) is 38.1 Å². The number of aliphatic carboxylic acids is 1. The molecule has 1 N–H and O–H groups in total. The maximum absolute atomic E-state index is 12.0. The van der Waals surface area contributed by atoms with Gasteiger partial charge in [0.2, 0.25) is 0 Å². The number of fused-ring (bicyclic) bond motifs is 2. The Morgan fingerprint density at radius 2 is 1.93 bits per heavy atom. The fraction of sp³-hybridized carbons (Fsp3) is 0.286. The molecule has 0 fully saturated rings. The van der Waals surface area contributed by atoms with E-state index in [1.165, 1.54) is 0 Å². The quantitative estimate of drug-likeness (QED) is 0.750. The average molecular weight is 383 g/mol. The van der Waals surface area contributed by atoms with Crippen LogP contribution < -0.4 is 0 Å². The van der Waals surface area contributed by atoms with Crippen molar-refractivity contribution in [1.29, 1.82) is 0 Å². The fourth-order valence-electron chi connectivity index (χ4n) is 4.03. The molecule has 1 aliphatic heterocycles. The van der Waals surface area contributed by atoms with Gasteiger partial charge in [-0.1, -0.05) is 23.8 Å². The van der Waals surface area contributed by atoms with Crippen LogP contribution in [0.1, 0.15) is 27.9 Å². The van der Waals surface area contributed by atoms with E-state index in [1.54, 1.807) is 6.07 Å². The van der Waals surface area contributed by atoms with Crippen molar-refractivity contribution in [3.63, 3.8) is 0 Å². The lowest BCUT2D eigenvalue weighted by molar-refractivity contribution is -0.137. The van der Waals surface area contributed by atoms with Crippen molar-refractivity contribution in [2.24, 2.45) is 0 Å². The lowest BCUT2D eigenvalue weighted by Gasteiger charge is -2.07. The van der Waals surface area contributed by atoms with E-state index < -0.39 is 15.8 Å². The normalized spacial score (nSPS) is 15.2. The third-order valence-electron chi connectivity index (χ3n) is 5.38. The van der Waals surface area contributed by atoms with Crippen LogP contribution in [0.3, 0.4) is 0 Å². The number of nitrogens with zero attached hydrogens (tertiary/aromatic N) is 1. The van der Waals surface area contributed by atoms with Gasteiger partial charge in [0.05, 0.1) is 10.6 Å². The maximum atomic E-state index is 12.0. The summed E-state index contributed by atoms with van der Waals surface area (Å²) in [7, 11) is -3.12. The van der Waals surface area contributed by atoms with Gasteiger partial charge >= 0.3 is 5.97 Å². The molecule has 0 saturated carbocycles. The number of carbonyl (C=O) groups is 1. The molecule has 0 saturated heterocycles. The first-order chi connectivity index (χ1) is 12.8. The fourth-order valence-corrected chi connectivity index (χ4v) is 5.57. The van der Waals surface area contributed by atoms with Crippen molar-refractivity contribution in [2.75, 3.05) is 5.75 Å². The highest BCUT2D eigenvalue weighted by Crippen LogP contribution is 2.31. The molecule has 140 valence electrons. The van der Waals surface area contributed by atoms with Crippen molar-refractivity contribution in [3.8, 4) is 0 Å². The van der Waals surface area contributed by atoms with Crippen molar-refractivity contribution in [3.05, 3.63) is 64.3 Å². The third-order valence-corrected chi connectivity index (χ3v) is 7.19. The standard InChI is InChI=1S/C21H21NO4S/c1-13-3-5-19-18(9-13)17(14(2)22(19)12-21(23)24)11-15-4-6-20-16(10-15)7-8-27(20,25)26/h3-6,9-10H,7-8,11-12H2,1-2H3,(H,23,24). The molecule has 4 rings (SSSR count). The van der Waals surface area contributed by atoms with E-state index in [4.69, 9.17) is 0 Å². The smallest absolute Gasteiger partial charge is 0.323 e. The number of carboxylic acid groups (broad SMARTS) is 1.